The lowest BCUT2D eigenvalue weighted by Gasteiger charge is -2.20. The van der Waals surface area contributed by atoms with Crippen LogP contribution in [0.5, 0.6) is 0 Å². The van der Waals surface area contributed by atoms with E-state index in [0.717, 1.165) is 5.56 Å². The molecule has 1 fully saturated rings. The van der Waals surface area contributed by atoms with E-state index in [1.165, 1.54) is 0 Å². The van der Waals surface area contributed by atoms with Crippen LogP contribution >= 0.6 is 0 Å². The highest BCUT2D eigenvalue weighted by molar-refractivity contribution is 5.83. The standard InChI is InChI=1S/C12H15N3O2/c13-12-14(6-7-15(12)9-11(16)17)8-10-4-2-1-3-5-10/h1-5,13H,6-9H2,(H,16,17). The van der Waals surface area contributed by atoms with Crippen molar-refractivity contribution in [1.29, 1.82) is 5.41 Å². The van der Waals surface area contributed by atoms with Gasteiger partial charge in [-0.15, -0.1) is 0 Å². The van der Waals surface area contributed by atoms with Gasteiger partial charge in [-0.1, -0.05) is 30.3 Å². The summed E-state index contributed by atoms with van der Waals surface area (Å²) in [4.78, 5) is 14.1. The summed E-state index contributed by atoms with van der Waals surface area (Å²) in [5.41, 5.74) is 1.13. The summed E-state index contributed by atoms with van der Waals surface area (Å²) >= 11 is 0. The number of carbonyl (C=O) groups is 1. The lowest BCUT2D eigenvalue weighted by Crippen LogP contribution is -2.35. The minimum Gasteiger partial charge on any atom is -0.480 e. The number of nitrogens with zero attached hydrogens (tertiary/aromatic N) is 2. The van der Waals surface area contributed by atoms with Crippen molar-refractivity contribution in [3.63, 3.8) is 0 Å². The van der Waals surface area contributed by atoms with Gasteiger partial charge in [-0.25, -0.2) is 0 Å². The quantitative estimate of drug-likeness (QED) is 0.808. The minimum absolute atomic E-state index is 0.0931. The zero-order valence-electron chi connectivity index (χ0n) is 9.47. The number of hydrogen-bond acceptors (Lipinski definition) is 2. The zero-order chi connectivity index (χ0) is 12.3. The number of guanidine groups is 1. The van der Waals surface area contributed by atoms with Crippen LogP contribution in [-0.4, -0.2) is 46.5 Å². The highest BCUT2D eigenvalue weighted by Gasteiger charge is 2.26. The Morgan fingerprint density at radius 2 is 1.88 bits per heavy atom. The number of hydrogen-bond donors (Lipinski definition) is 2. The normalized spacial score (nSPS) is 15.4. The number of nitrogens with one attached hydrogen (secondary N) is 1. The Kier molecular flexibility index (Phi) is 3.27. The first kappa shape index (κ1) is 11.4. The van der Waals surface area contributed by atoms with E-state index >= 15 is 0 Å². The third kappa shape index (κ3) is 2.75. The van der Waals surface area contributed by atoms with Gasteiger partial charge in [0.05, 0.1) is 0 Å². The Morgan fingerprint density at radius 1 is 1.24 bits per heavy atom. The highest BCUT2D eigenvalue weighted by atomic mass is 16.4. The van der Waals surface area contributed by atoms with E-state index in [4.69, 9.17) is 10.5 Å². The molecule has 1 aliphatic rings. The molecule has 0 amide bonds. The van der Waals surface area contributed by atoms with Crippen LogP contribution in [-0.2, 0) is 11.3 Å². The second-order valence-corrected chi connectivity index (χ2v) is 4.05. The zero-order valence-corrected chi connectivity index (χ0v) is 9.47. The van der Waals surface area contributed by atoms with Crippen molar-refractivity contribution in [2.24, 2.45) is 0 Å². The van der Waals surface area contributed by atoms with Crippen LogP contribution in [0.25, 0.3) is 0 Å². The Bertz CT molecular complexity index is 419. The smallest absolute Gasteiger partial charge is 0.323 e. The van der Waals surface area contributed by atoms with Crippen LogP contribution in [0.4, 0.5) is 0 Å². The molecule has 1 heterocycles. The molecule has 5 heteroatoms. The summed E-state index contributed by atoms with van der Waals surface area (Å²) in [5.74, 6) is -0.590. The summed E-state index contributed by atoms with van der Waals surface area (Å²) in [6.45, 7) is 1.89. The molecule has 1 saturated heterocycles. The average Bonchev–Trinajstić information content (AvgIpc) is 2.62. The molecule has 0 radical (unpaired) electrons. The fourth-order valence-corrected chi connectivity index (χ4v) is 1.93. The SMILES string of the molecule is N=C1N(CC(=O)O)CCN1Cc1ccccc1. The molecule has 0 aromatic heterocycles. The van der Waals surface area contributed by atoms with Crippen molar-refractivity contribution in [3.05, 3.63) is 35.9 Å². The second-order valence-electron chi connectivity index (χ2n) is 4.05. The maximum absolute atomic E-state index is 10.6. The summed E-state index contributed by atoms with van der Waals surface area (Å²) in [5, 5.41) is 16.6. The third-order valence-corrected chi connectivity index (χ3v) is 2.78. The molecule has 2 rings (SSSR count). The van der Waals surface area contributed by atoms with Gasteiger partial charge < -0.3 is 14.9 Å². The molecule has 5 nitrogen and oxygen atoms in total. The first-order valence-electron chi connectivity index (χ1n) is 5.51. The fourth-order valence-electron chi connectivity index (χ4n) is 1.93. The van der Waals surface area contributed by atoms with Gasteiger partial charge in [0.2, 0.25) is 0 Å². The van der Waals surface area contributed by atoms with Gasteiger partial charge in [0.1, 0.15) is 6.54 Å². The maximum atomic E-state index is 10.6. The van der Waals surface area contributed by atoms with Gasteiger partial charge in [-0.2, -0.15) is 0 Å². The fraction of sp³-hybridized carbons (Fsp3) is 0.333. The molecule has 1 aromatic carbocycles. The molecule has 0 bridgehead atoms. The number of carboxylic acid groups (broad SMARTS) is 1. The lowest BCUT2D eigenvalue weighted by atomic mass is 10.2. The van der Waals surface area contributed by atoms with Gasteiger partial charge >= 0.3 is 5.97 Å². The molecular weight excluding hydrogens is 218 g/mol. The molecule has 0 atom stereocenters. The first-order valence-corrected chi connectivity index (χ1v) is 5.51. The van der Waals surface area contributed by atoms with Gasteiger partial charge in [0.25, 0.3) is 0 Å². The molecule has 90 valence electrons. The van der Waals surface area contributed by atoms with E-state index in [2.05, 4.69) is 0 Å². The minimum atomic E-state index is -0.892. The Balaban J connectivity index is 1.96. The number of aliphatic carboxylic acids is 1. The summed E-state index contributed by atoms with van der Waals surface area (Å²) in [6.07, 6.45) is 0. The summed E-state index contributed by atoms with van der Waals surface area (Å²) in [6, 6.07) is 9.89. The molecule has 0 saturated carbocycles. The first-order chi connectivity index (χ1) is 8.16. The van der Waals surface area contributed by atoms with E-state index in [9.17, 15) is 4.79 Å². The molecule has 0 aliphatic carbocycles. The van der Waals surface area contributed by atoms with Gasteiger partial charge in [0, 0.05) is 19.6 Å². The van der Waals surface area contributed by atoms with Crippen molar-refractivity contribution in [1.82, 2.24) is 9.80 Å². The Hall–Kier alpha value is -2.04. The van der Waals surface area contributed by atoms with E-state index in [-0.39, 0.29) is 6.54 Å². The van der Waals surface area contributed by atoms with Crippen molar-refractivity contribution < 1.29 is 9.90 Å². The number of benzene rings is 1. The predicted octanol–water partition coefficient (Wildman–Crippen LogP) is 0.824. The van der Waals surface area contributed by atoms with Crippen LogP contribution in [0.15, 0.2) is 30.3 Å². The molecule has 17 heavy (non-hydrogen) atoms. The molecule has 1 aliphatic heterocycles. The summed E-state index contributed by atoms with van der Waals surface area (Å²) < 4.78 is 0. The lowest BCUT2D eigenvalue weighted by molar-refractivity contribution is -0.137. The van der Waals surface area contributed by atoms with Crippen molar-refractivity contribution >= 4 is 11.9 Å². The largest absolute Gasteiger partial charge is 0.480 e. The monoisotopic (exact) mass is 233 g/mol. The van der Waals surface area contributed by atoms with Crippen LogP contribution in [0.2, 0.25) is 0 Å². The van der Waals surface area contributed by atoms with Crippen LogP contribution in [0.1, 0.15) is 5.56 Å². The second kappa shape index (κ2) is 4.86. The third-order valence-electron chi connectivity index (χ3n) is 2.78. The van der Waals surface area contributed by atoms with E-state index in [0.29, 0.717) is 25.6 Å². The van der Waals surface area contributed by atoms with E-state index in [1.54, 1.807) is 4.90 Å². The predicted molar refractivity (Wildman–Crippen MR) is 63.8 cm³/mol. The molecule has 0 spiro atoms. The molecule has 2 N–H and O–H groups in total. The van der Waals surface area contributed by atoms with Crippen molar-refractivity contribution in [3.8, 4) is 0 Å². The highest BCUT2D eigenvalue weighted by Crippen LogP contribution is 2.11. The van der Waals surface area contributed by atoms with E-state index in [1.807, 2.05) is 35.2 Å². The Labute approximate surface area is 99.8 Å². The van der Waals surface area contributed by atoms with Gasteiger partial charge in [-0.05, 0) is 5.56 Å². The van der Waals surface area contributed by atoms with E-state index < -0.39 is 5.97 Å². The Morgan fingerprint density at radius 3 is 2.53 bits per heavy atom. The molecular formula is C12H15N3O2. The van der Waals surface area contributed by atoms with Crippen molar-refractivity contribution in [2.45, 2.75) is 6.54 Å². The average molecular weight is 233 g/mol. The molecule has 0 unspecified atom stereocenters. The molecule has 1 aromatic rings. The van der Waals surface area contributed by atoms with Gasteiger partial charge in [-0.3, -0.25) is 10.2 Å². The van der Waals surface area contributed by atoms with Crippen molar-refractivity contribution in [2.75, 3.05) is 19.6 Å². The van der Waals surface area contributed by atoms with Crippen LogP contribution < -0.4 is 0 Å². The maximum Gasteiger partial charge on any atom is 0.323 e. The number of rotatable bonds is 4. The number of carboxylic acids is 1. The van der Waals surface area contributed by atoms with Crippen LogP contribution in [0, 0.1) is 5.41 Å². The topological polar surface area (TPSA) is 67.6 Å². The van der Waals surface area contributed by atoms with Crippen LogP contribution in [0.3, 0.4) is 0 Å². The summed E-state index contributed by atoms with van der Waals surface area (Å²) in [7, 11) is 0. The van der Waals surface area contributed by atoms with Gasteiger partial charge in [0.15, 0.2) is 5.96 Å².